The summed E-state index contributed by atoms with van der Waals surface area (Å²) in [6, 6.07) is 11.0. The second kappa shape index (κ2) is 7.96. The number of benzene rings is 1. The van der Waals surface area contributed by atoms with Gasteiger partial charge in [-0.2, -0.15) is 0 Å². The van der Waals surface area contributed by atoms with Crippen molar-refractivity contribution in [3.05, 3.63) is 64.0 Å². The third-order valence-electron chi connectivity index (χ3n) is 5.78. The van der Waals surface area contributed by atoms with E-state index in [2.05, 4.69) is 15.2 Å². The van der Waals surface area contributed by atoms with Gasteiger partial charge in [0.15, 0.2) is 0 Å². The van der Waals surface area contributed by atoms with Crippen molar-refractivity contribution < 1.29 is 9.72 Å². The predicted octanol–water partition coefficient (Wildman–Crippen LogP) is 2.88. The molecule has 1 aromatic carbocycles. The van der Waals surface area contributed by atoms with Crippen LogP contribution in [0.4, 0.5) is 11.4 Å². The van der Waals surface area contributed by atoms with Crippen LogP contribution in [-0.4, -0.2) is 34.9 Å². The van der Waals surface area contributed by atoms with E-state index >= 15 is 0 Å². The summed E-state index contributed by atoms with van der Waals surface area (Å²) in [5.74, 6) is -0.150. The number of piperidine rings is 1. The van der Waals surface area contributed by atoms with Gasteiger partial charge in [0, 0.05) is 55.3 Å². The highest BCUT2D eigenvalue weighted by molar-refractivity contribution is 5.82. The van der Waals surface area contributed by atoms with Gasteiger partial charge in [0.2, 0.25) is 5.91 Å². The van der Waals surface area contributed by atoms with Gasteiger partial charge < -0.3 is 10.2 Å². The molecular formula is C21H24N4O3. The summed E-state index contributed by atoms with van der Waals surface area (Å²) in [7, 11) is 0. The second-order valence-electron chi connectivity index (χ2n) is 7.50. The van der Waals surface area contributed by atoms with Crippen molar-refractivity contribution in [2.24, 2.45) is 5.92 Å². The molecule has 0 aliphatic carbocycles. The number of carbonyl (C=O) groups is 1. The lowest BCUT2D eigenvalue weighted by atomic mass is 9.80. The zero-order valence-electron chi connectivity index (χ0n) is 15.7. The summed E-state index contributed by atoms with van der Waals surface area (Å²) in [6.07, 6.45) is 6.17. The fraction of sp³-hybridized carbons (Fsp3) is 0.429. The van der Waals surface area contributed by atoms with Gasteiger partial charge in [-0.05, 0) is 49.4 Å². The van der Waals surface area contributed by atoms with Crippen LogP contribution in [0.2, 0.25) is 0 Å². The highest BCUT2D eigenvalue weighted by atomic mass is 16.6. The molecule has 3 heterocycles. The molecule has 1 saturated heterocycles. The number of hydrogen-bond acceptors (Lipinski definition) is 5. The quantitative estimate of drug-likeness (QED) is 0.636. The largest absolute Gasteiger partial charge is 0.368 e. The van der Waals surface area contributed by atoms with E-state index < -0.39 is 0 Å². The Kier molecular flexibility index (Phi) is 5.23. The van der Waals surface area contributed by atoms with E-state index in [1.807, 2.05) is 24.3 Å². The number of nitro benzene ring substituents is 1. The van der Waals surface area contributed by atoms with Gasteiger partial charge >= 0.3 is 0 Å². The minimum absolute atomic E-state index is 0.0324. The number of nitrogens with one attached hydrogen (secondary N) is 1. The number of carbonyl (C=O) groups excluding carboxylic acids is 1. The van der Waals surface area contributed by atoms with Crippen molar-refractivity contribution in [3.63, 3.8) is 0 Å². The molecule has 146 valence electrons. The normalized spacial score (nSPS) is 20.8. The molecule has 7 heteroatoms. The Morgan fingerprint density at radius 1 is 1.29 bits per heavy atom. The van der Waals surface area contributed by atoms with E-state index in [1.165, 1.54) is 0 Å². The van der Waals surface area contributed by atoms with Crippen molar-refractivity contribution in [2.45, 2.75) is 38.1 Å². The van der Waals surface area contributed by atoms with Gasteiger partial charge in [0.1, 0.15) is 0 Å². The first-order chi connectivity index (χ1) is 13.6. The molecule has 2 atom stereocenters. The predicted molar refractivity (Wildman–Crippen MR) is 106 cm³/mol. The van der Waals surface area contributed by atoms with E-state index in [4.69, 9.17) is 0 Å². The molecular weight excluding hydrogens is 356 g/mol. The van der Waals surface area contributed by atoms with Crippen LogP contribution in [0.3, 0.4) is 0 Å². The first-order valence-corrected chi connectivity index (χ1v) is 9.85. The fourth-order valence-corrected chi connectivity index (χ4v) is 4.44. The number of amides is 1. The van der Waals surface area contributed by atoms with Crippen LogP contribution in [0.5, 0.6) is 0 Å². The molecule has 2 aromatic rings. The van der Waals surface area contributed by atoms with Crippen LogP contribution in [0.15, 0.2) is 42.6 Å². The minimum Gasteiger partial charge on any atom is -0.368 e. The average Bonchev–Trinajstić information content (AvgIpc) is 2.73. The highest BCUT2D eigenvalue weighted by Gasteiger charge is 2.39. The Hall–Kier alpha value is -2.96. The Morgan fingerprint density at radius 3 is 2.96 bits per heavy atom. The van der Waals surface area contributed by atoms with Gasteiger partial charge in [-0.1, -0.05) is 6.07 Å². The van der Waals surface area contributed by atoms with Crippen LogP contribution < -0.4 is 10.2 Å². The number of nitrogens with zero attached hydrogens (tertiary/aromatic N) is 3. The van der Waals surface area contributed by atoms with Gasteiger partial charge in [-0.25, -0.2) is 0 Å². The molecule has 28 heavy (non-hydrogen) atoms. The standard InChI is InChI=1S/C21H24N4O3/c26-21(23-11-9-16-5-1-3-10-22-16)18-14-15-13-17(25(27)28)7-8-19(15)24-12-4-2-6-20(18)24/h1,3,5,7-8,10,13,18,20H,2,4,6,9,11-12,14H2,(H,23,26). The van der Waals surface area contributed by atoms with Crippen molar-refractivity contribution in [1.29, 1.82) is 0 Å². The smallest absolute Gasteiger partial charge is 0.269 e. The maximum absolute atomic E-state index is 13.0. The molecule has 0 saturated carbocycles. The van der Waals surface area contributed by atoms with Crippen molar-refractivity contribution >= 4 is 17.3 Å². The van der Waals surface area contributed by atoms with Crippen LogP contribution in [0.1, 0.15) is 30.5 Å². The molecule has 0 bridgehead atoms. The maximum atomic E-state index is 13.0. The van der Waals surface area contributed by atoms with E-state index in [0.717, 1.165) is 42.8 Å². The SMILES string of the molecule is O=C(NCCc1ccccn1)C1Cc2cc([N+](=O)[O-])ccc2N2CCCCC12. The molecule has 1 amide bonds. The van der Waals surface area contributed by atoms with Gasteiger partial charge in [-0.15, -0.1) is 0 Å². The molecule has 1 fully saturated rings. The second-order valence-corrected chi connectivity index (χ2v) is 7.50. The summed E-state index contributed by atoms with van der Waals surface area (Å²) in [6.45, 7) is 1.44. The van der Waals surface area contributed by atoms with Crippen molar-refractivity contribution in [3.8, 4) is 0 Å². The highest BCUT2D eigenvalue weighted by Crippen LogP contribution is 2.39. The van der Waals surface area contributed by atoms with Crippen LogP contribution in [0, 0.1) is 16.0 Å². The third-order valence-corrected chi connectivity index (χ3v) is 5.78. The summed E-state index contributed by atoms with van der Waals surface area (Å²) >= 11 is 0. The number of aromatic nitrogens is 1. The summed E-state index contributed by atoms with van der Waals surface area (Å²) in [5.41, 5.74) is 2.99. The van der Waals surface area contributed by atoms with E-state index in [-0.39, 0.29) is 28.5 Å². The van der Waals surface area contributed by atoms with E-state index in [9.17, 15) is 14.9 Å². The van der Waals surface area contributed by atoms with Crippen LogP contribution >= 0.6 is 0 Å². The topological polar surface area (TPSA) is 88.4 Å². The first-order valence-electron chi connectivity index (χ1n) is 9.85. The number of anilines is 1. The van der Waals surface area contributed by atoms with Crippen molar-refractivity contribution in [1.82, 2.24) is 10.3 Å². The summed E-state index contributed by atoms with van der Waals surface area (Å²) in [5, 5.41) is 14.2. The van der Waals surface area contributed by atoms with Crippen LogP contribution in [-0.2, 0) is 17.6 Å². The molecule has 0 spiro atoms. The zero-order chi connectivity index (χ0) is 19.5. The molecule has 2 aliphatic heterocycles. The molecule has 7 nitrogen and oxygen atoms in total. The number of non-ortho nitro benzene ring substituents is 1. The molecule has 1 aromatic heterocycles. The number of hydrogen-bond donors (Lipinski definition) is 1. The minimum atomic E-state index is -0.371. The molecule has 4 rings (SSSR count). The van der Waals surface area contributed by atoms with Crippen LogP contribution in [0.25, 0.3) is 0 Å². The monoisotopic (exact) mass is 380 g/mol. The first kappa shape index (κ1) is 18.4. The van der Waals surface area contributed by atoms with Gasteiger partial charge in [0.25, 0.3) is 5.69 Å². The lowest BCUT2D eigenvalue weighted by Crippen LogP contribution is -2.53. The summed E-state index contributed by atoms with van der Waals surface area (Å²) < 4.78 is 0. The molecule has 1 N–H and O–H groups in total. The van der Waals surface area contributed by atoms with Gasteiger partial charge in [-0.3, -0.25) is 19.9 Å². The molecule has 0 radical (unpaired) electrons. The lowest BCUT2D eigenvalue weighted by molar-refractivity contribution is -0.384. The molecule has 2 unspecified atom stereocenters. The summed E-state index contributed by atoms with van der Waals surface area (Å²) in [4.78, 5) is 30.3. The number of fused-ring (bicyclic) bond motifs is 3. The Labute approximate surface area is 163 Å². The fourth-order valence-electron chi connectivity index (χ4n) is 4.44. The Bertz CT molecular complexity index is 871. The number of pyridine rings is 1. The Balaban J connectivity index is 1.50. The van der Waals surface area contributed by atoms with Crippen molar-refractivity contribution in [2.75, 3.05) is 18.0 Å². The third kappa shape index (κ3) is 3.69. The number of rotatable bonds is 5. The average molecular weight is 380 g/mol. The lowest BCUT2D eigenvalue weighted by Gasteiger charge is -2.45. The van der Waals surface area contributed by atoms with Gasteiger partial charge in [0.05, 0.1) is 10.8 Å². The van der Waals surface area contributed by atoms with E-state index in [1.54, 1.807) is 18.3 Å². The maximum Gasteiger partial charge on any atom is 0.269 e. The number of nitro groups is 1. The molecule has 2 aliphatic rings. The zero-order valence-corrected chi connectivity index (χ0v) is 15.7. The Morgan fingerprint density at radius 2 is 2.18 bits per heavy atom. The van der Waals surface area contributed by atoms with E-state index in [0.29, 0.717) is 19.4 Å².